The van der Waals surface area contributed by atoms with Crippen molar-refractivity contribution in [1.82, 2.24) is 14.8 Å². The Balaban J connectivity index is 1.66. The molecular weight excluding hydrogens is 381 g/mol. The van der Waals surface area contributed by atoms with Crippen LogP contribution in [0.1, 0.15) is 23.9 Å². The molecule has 0 saturated heterocycles. The Kier molecular flexibility index (Phi) is 4.65. The van der Waals surface area contributed by atoms with Gasteiger partial charge < -0.3 is 0 Å². The molecule has 1 unspecified atom stereocenters. The van der Waals surface area contributed by atoms with Crippen LogP contribution in [0.4, 0.5) is 4.39 Å². The van der Waals surface area contributed by atoms with Crippen LogP contribution in [0.5, 0.6) is 0 Å². The zero-order valence-corrected chi connectivity index (χ0v) is 15.7. The van der Waals surface area contributed by atoms with Gasteiger partial charge in [0.1, 0.15) is 5.82 Å². The van der Waals surface area contributed by atoms with Gasteiger partial charge in [-0.25, -0.2) is 4.39 Å². The molecule has 1 atom stereocenters. The van der Waals surface area contributed by atoms with E-state index in [-0.39, 0.29) is 18.0 Å². The van der Waals surface area contributed by atoms with Gasteiger partial charge in [0.15, 0.2) is 17.6 Å². The number of aromatic nitrogens is 3. The number of aryl methyl sites for hydroxylation is 1. The Morgan fingerprint density at radius 3 is 2.61 bits per heavy atom. The highest BCUT2D eigenvalue weighted by Gasteiger charge is 2.39. The Hall–Kier alpha value is -3.12. The van der Waals surface area contributed by atoms with Gasteiger partial charge in [0.05, 0.1) is 17.6 Å². The average molecular weight is 396 g/mol. The number of halogens is 2. The number of hydrogen-bond donors (Lipinski definition) is 0. The molecule has 140 valence electrons. The highest BCUT2D eigenvalue weighted by molar-refractivity contribution is 6.30. The normalized spacial score (nSPS) is 18.2. The maximum absolute atomic E-state index is 13.0. The maximum atomic E-state index is 13.0. The van der Waals surface area contributed by atoms with Gasteiger partial charge in [-0.15, -0.1) is 0 Å². The fraction of sp³-hybridized carbons (Fsp3) is 0.143. The van der Waals surface area contributed by atoms with Crippen LogP contribution in [0.15, 0.2) is 54.2 Å². The molecule has 5 nitrogen and oxygen atoms in total. The first kappa shape index (κ1) is 18.3. The molecular formula is C21H15ClFN3O2. The number of hydrogen-bond acceptors (Lipinski definition) is 4. The number of ketones is 2. The molecule has 1 aliphatic rings. The molecule has 2 aromatic heterocycles. The predicted molar refractivity (Wildman–Crippen MR) is 103 cm³/mol. The number of rotatable bonds is 3. The monoisotopic (exact) mass is 395 g/mol. The van der Waals surface area contributed by atoms with Crippen LogP contribution in [0.2, 0.25) is 5.02 Å². The number of allylic oxidation sites excluding steroid dienone is 1. The van der Waals surface area contributed by atoms with Gasteiger partial charge in [-0.05, 0) is 43.3 Å². The van der Waals surface area contributed by atoms with E-state index in [1.165, 1.54) is 22.9 Å². The van der Waals surface area contributed by atoms with Gasteiger partial charge in [-0.2, -0.15) is 5.10 Å². The van der Waals surface area contributed by atoms with E-state index in [1.807, 2.05) is 18.2 Å². The van der Waals surface area contributed by atoms with Crippen LogP contribution in [0.25, 0.3) is 17.3 Å². The zero-order chi connectivity index (χ0) is 19.8. The molecule has 1 saturated carbocycles. The Morgan fingerprint density at radius 2 is 1.93 bits per heavy atom. The molecule has 0 amide bonds. The number of pyridine rings is 1. The van der Waals surface area contributed by atoms with Crippen LogP contribution in [0.3, 0.4) is 0 Å². The number of nitrogens with zero attached hydrogens (tertiary/aromatic N) is 3. The lowest BCUT2D eigenvalue weighted by Crippen LogP contribution is -2.22. The minimum atomic E-state index is -0.993. The molecule has 1 fully saturated rings. The number of Topliss-reactive ketones (excluding diaryl/α,β-unsaturated/α-hetero) is 2. The van der Waals surface area contributed by atoms with Crippen LogP contribution in [0, 0.1) is 12.7 Å². The summed E-state index contributed by atoms with van der Waals surface area (Å²) in [5.41, 5.74) is 2.98. The van der Waals surface area contributed by atoms with Crippen LogP contribution in [-0.2, 0) is 9.59 Å². The number of carbonyl (C=O) groups excluding carboxylic acids is 2. The second kappa shape index (κ2) is 7.13. The third-order valence-electron chi connectivity index (χ3n) is 4.61. The molecule has 4 rings (SSSR count). The number of benzene rings is 1. The van der Waals surface area contributed by atoms with E-state index in [1.54, 1.807) is 19.1 Å². The lowest BCUT2D eigenvalue weighted by molar-refractivity contribution is -0.126. The van der Waals surface area contributed by atoms with E-state index in [0.717, 1.165) is 11.8 Å². The summed E-state index contributed by atoms with van der Waals surface area (Å²) in [6.45, 7) is 1.80. The van der Waals surface area contributed by atoms with Crippen molar-refractivity contribution >= 4 is 29.2 Å². The highest BCUT2D eigenvalue weighted by atomic mass is 35.5. The predicted octanol–water partition coefficient (Wildman–Crippen LogP) is 4.21. The minimum Gasteiger partial charge on any atom is -0.296 e. The SMILES string of the molecule is Cc1cc(-c2ccc(Cl)cc2)nn1C1C(=O)C/C(=C\c2ccc(F)cn2)C1=O. The fourth-order valence-electron chi connectivity index (χ4n) is 3.22. The standard InChI is InChI=1S/C21H15ClFN3O2/c1-12-8-18(13-2-4-15(22)5-3-13)25-26(12)20-19(27)10-14(21(20)28)9-17-7-6-16(23)11-24-17/h2-9,11,20H,10H2,1H3/b14-9+. The van der Waals surface area contributed by atoms with E-state index >= 15 is 0 Å². The number of carbonyl (C=O) groups is 2. The molecule has 0 radical (unpaired) electrons. The fourth-order valence-corrected chi connectivity index (χ4v) is 3.35. The first-order valence-corrected chi connectivity index (χ1v) is 9.01. The van der Waals surface area contributed by atoms with Gasteiger partial charge in [0, 0.05) is 28.3 Å². The summed E-state index contributed by atoms with van der Waals surface area (Å²) in [5, 5.41) is 5.10. The smallest absolute Gasteiger partial charge is 0.191 e. The Labute approximate surface area is 165 Å². The van der Waals surface area contributed by atoms with Gasteiger partial charge in [-0.3, -0.25) is 19.3 Å². The summed E-state index contributed by atoms with van der Waals surface area (Å²) in [7, 11) is 0. The minimum absolute atomic E-state index is 0.00185. The van der Waals surface area contributed by atoms with Gasteiger partial charge in [0.2, 0.25) is 0 Å². The molecule has 1 aromatic carbocycles. The third kappa shape index (κ3) is 3.39. The van der Waals surface area contributed by atoms with Gasteiger partial charge in [0.25, 0.3) is 0 Å². The van der Waals surface area contributed by atoms with Crippen LogP contribution >= 0.6 is 11.6 Å². The molecule has 7 heteroatoms. The summed E-state index contributed by atoms with van der Waals surface area (Å²) in [6.07, 6.45) is 2.60. The van der Waals surface area contributed by atoms with Crippen molar-refractivity contribution in [2.45, 2.75) is 19.4 Å². The van der Waals surface area contributed by atoms with Crippen molar-refractivity contribution in [1.29, 1.82) is 0 Å². The average Bonchev–Trinajstić information content (AvgIpc) is 3.17. The molecule has 0 bridgehead atoms. The summed E-state index contributed by atoms with van der Waals surface area (Å²) in [5.74, 6) is -1.01. The van der Waals surface area contributed by atoms with Crippen molar-refractivity contribution in [3.8, 4) is 11.3 Å². The van der Waals surface area contributed by atoms with E-state index in [4.69, 9.17) is 11.6 Å². The van der Waals surface area contributed by atoms with Crippen molar-refractivity contribution in [2.24, 2.45) is 0 Å². The van der Waals surface area contributed by atoms with Gasteiger partial charge in [-0.1, -0.05) is 23.7 Å². The summed E-state index contributed by atoms with van der Waals surface area (Å²) in [6, 6.07) is 10.7. The highest BCUT2D eigenvalue weighted by Crippen LogP contribution is 2.31. The largest absolute Gasteiger partial charge is 0.296 e. The van der Waals surface area contributed by atoms with Crippen molar-refractivity contribution < 1.29 is 14.0 Å². The molecule has 0 N–H and O–H groups in total. The van der Waals surface area contributed by atoms with Crippen molar-refractivity contribution in [3.63, 3.8) is 0 Å². The summed E-state index contributed by atoms with van der Waals surface area (Å²) >= 11 is 5.92. The summed E-state index contributed by atoms with van der Waals surface area (Å²) in [4.78, 5) is 29.3. The quantitative estimate of drug-likeness (QED) is 0.492. The van der Waals surface area contributed by atoms with E-state index < -0.39 is 11.9 Å². The van der Waals surface area contributed by atoms with Crippen LogP contribution < -0.4 is 0 Å². The molecule has 0 spiro atoms. The third-order valence-corrected chi connectivity index (χ3v) is 4.87. The van der Waals surface area contributed by atoms with E-state index in [9.17, 15) is 14.0 Å². The summed E-state index contributed by atoms with van der Waals surface area (Å²) < 4.78 is 14.5. The lowest BCUT2D eigenvalue weighted by atomic mass is 10.1. The van der Waals surface area contributed by atoms with Crippen molar-refractivity contribution in [3.05, 3.63) is 76.5 Å². The second-order valence-corrected chi connectivity index (χ2v) is 7.04. The Bertz CT molecular complexity index is 1100. The van der Waals surface area contributed by atoms with Crippen LogP contribution in [-0.4, -0.2) is 26.3 Å². The molecule has 1 aliphatic carbocycles. The second-order valence-electron chi connectivity index (χ2n) is 6.60. The first-order valence-electron chi connectivity index (χ1n) is 8.63. The lowest BCUT2D eigenvalue weighted by Gasteiger charge is -2.09. The molecule has 0 aliphatic heterocycles. The molecule has 28 heavy (non-hydrogen) atoms. The molecule has 2 heterocycles. The van der Waals surface area contributed by atoms with E-state index in [2.05, 4.69) is 10.1 Å². The van der Waals surface area contributed by atoms with E-state index in [0.29, 0.717) is 27.7 Å². The Morgan fingerprint density at radius 1 is 1.18 bits per heavy atom. The van der Waals surface area contributed by atoms with Crippen molar-refractivity contribution in [2.75, 3.05) is 0 Å². The zero-order valence-electron chi connectivity index (χ0n) is 14.9. The maximum Gasteiger partial charge on any atom is 0.191 e. The topological polar surface area (TPSA) is 64.8 Å². The molecule has 3 aromatic rings. The first-order chi connectivity index (χ1) is 13.4. The van der Waals surface area contributed by atoms with Gasteiger partial charge >= 0.3 is 0 Å².